The fourth-order valence-corrected chi connectivity index (χ4v) is 3.44. The van der Waals surface area contributed by atoms with Gasteiger partial charge in [-0.05, 0) is 33.6 Å². The minimum absolute atomic E-state index is 0.302. The Morgan fingerprint density at radius 3 is 2.00 bits per heavy atom. The van der Waals surface area contributed by atoms with E-state index < -0.39 is 25.9 Å². The molecule has 1 fully saturated rings. The van der Waals surface area contributed by atoms with Gasteiger partial charge in [0.2, 0.25) is 0 Å². The summed E-state index contributed by atoms with van der Waals surface area (Å²) in [6, 6.07) is 0. The molecule has 0 aromatic carbocycles. The molecule has 0 radical (unpaired) electrons. The molecule has 0 unspecified atom stereocenters. The van der Waals surface area contributed by atoms with Crippen molar-refractivity contribution in [3.05, 3.63) is 0 Å². The summed E-state index contributed by atoms with van der Waals surface area (Å²) < 4.78 is 22.9. The fraction of sp³-hybridized carbons (Fsp3) is 0.875. The Hall–Kier alpha value is -0.490. The molecule has 1 aliphatic rings. The lowest BCUT2D eigenvalue weighted by Gasteiger charge is -2.33. The Balaban J connectivity index is 3.17. The SMILES string of the molecule is CC(C)(C)N(C(=O)O)S(=O)(=O)C1(Cl)CC1. The maximum atomic E-state index is 11.9. The number of hydrogen-bond donors (Lipinski definition) is 1. The molecule has 0 aromatic heterocycles. The first-order valence-corrected chi connectivity index (χ1v) is 6.31. The van der Waals surface area contributed by atoms with Crippen LogP contribution in [0.4, 0.5) is 4.79 Å². The van der Waals surface area contributed by atoms with Gasteiger partial charge in [0.25, 0.3) is 10.0 Å². The molecule has 88 valence electrons. The van der Waals surface area contributed by atoms with Crippen molar-refractivity contribution in [1.82, 2.24) is 4.31 Å². The number of nitrogens with zero attached hydrogens (tertiary/aromatic N) is 1. The minimum Gasteiger partial charge on any atom is -0.464 e. The summed E-state index contributed by atoms with van der Waals surface area (Å²) in [5.74, 6) is 0. The first-order chi connectivity index (χ1) is 6.52. The van der Waals surface area contributed by atoms with Crippen molar-refractivity contribution in [1.29, 1.82) is 0 Å². The van der Waals surface area contributed by atoms with Crippen molar-refractivity contribution in [3.8, 4) is 0 Å². The van der Waals surface area contributed by atoms with Gasteiger partial charge < -0.3 is 5.11 Å². The van der Waals surface area contributed by atoms with Gasteiger partial charge in [-0.2, -0.15) is 4.31 Å². The second-order valence-electron chi connectivity index (χ2n) is 4.61. The summed E-state index contributed by atoms with van der Waals surface area (Å²) >= 11 is 5.79. The number of hydrogen-bond acceptors (Lipinski definition) is 3. The van der Waals surface area contributed by atoms with Gasteiger partial charge in [0.15, 0.2) is 4.21 Å². The van der Waals surface area contributed by atoms with Crippen LogP contribution in [0.2, 0.25) is 0 Å². The Morgan fingerprint density at radius 1 is 1.40 bits per heavy atom. The standard InChI is InChI=1S/C8H14ClNO4S/c1-7(2,3)10(6(11)12)15(13,14)8(9)4-5-8/h4-5H2,1-3H3,(H,11,12). The fourth-order valence-electron chi connectivity index (χ4n) is 1.27. The highest BCUT2D eigenvalue weighted by atomic mass is 35.5. The smallest absolute Gasteiger partial charge is 0.421 e. The predicted octanol–water partition coefficient (Wildman–Crippen LogP) is 1.82. The van der Waals surface area contributed by atoms with Crippen molar-refractivity contribution >= 4 is 27.7 Å². The lowest BCUT2D eigenvalue weighted by molar-refractivity contribution is 0.146. The van der Waals surface area contributed by atoms with E-state index >= 15 is 0 Å². The Bertz CT molecular complexity index is 380. The number of carbonyl (C=O) groups is 1. The van der Waals surface area contributed by atoms with Crippen LogP contribution < -0.4 is 0 Å². The molecule has 1 amide bonds. The number of alkyl halides is 1. The Kier molecular flexibility index (Phi) is 2.72. The second-order valence-corrected chi connectivity index (χ2v) is 7.65. The first-order valence-electron chi connectivity index (χ1n) is 4.49. The third-order valence-electron chi connectivity index (χ3n) is 2.13. The molecule has 5 nitrogen and oxygen atoms in total. The number of rotatable bonds is 2. The van der Waals surface area contributed by atoms with Crippen molar-refractivity contribution in [2.75, 3.05) is 0 Å². The summed E-state index contributed by atoms with van der Waals surface area (Å²) in [5.41, 5.74) is -1.02. The molecule has 0 spiro atoms. The maximum Gasteiger partial charge on any atom is 0.421 e. The van der Waals surface area contributed by atoms with Gasteiger partial charge in [-0.1, -0.05) is 11.6 Å². The molecule has 0 heterocycles. The van der Waals surface area contributed by atoms with Gasteiger partial charge in [0, 0.05) is 0 Å². The van der Waals surface area contributed by atoms with Crippen molar-refractivity contribution < 1.29 is 18.3 Å². The van der Waals surface area contributed by atoms with Crippen LogP contribution in [-0.4, -0.2) is 33.7 Å². The topological polar surface area (TPSA) is 74.7 Å². The third-order valence-corrected chi connectivity index (χ3v) is 5.61. The molecule has 7 heteroatoms. The zero-order valence-electron chi connectivity index (χ0n) is 8.82. The predicted molar refractivity (Wildman–Crippen MR) is 56.4 cm³/mol. The lowest BCUT2D eigenvalue weighted by atomic mass is 10.1. The minimum atomic E-state index is -3.99. The highest BCUT2D eigenvalue weighted by Crippen LogP contribution is 2.50. The van der Waals surface area contributed by atoms with Crippen molar-refractivity contribution in [2.24, 2.45) is 0 Å². The quantitative estimate of drug-likeness (QED) is 0.764. The van der Waals surface area contributed by atoms with Crippen LogP contribution in [0.25, 0.3) is 0 Å². The van der Waals surface area contributed by atoms with Crippen molar-refractivity contribution in [2.45, 2.75) is 43.4 Å². The zero-order valence-corrected chi connectivity index (χ0v) is 10.4. The van der Waals surface area contributed by atoms with E-state index in [0.717, 1.165) is 0 Å². The highest BCUT2D eigenvalue weighted by molar-refractivity contribution is 7.92. The average molecular weight is 256 g/mol. The van der Waals surface area contributed by atoms with E-state index in [0.29, 0.717) is 17.1 Å². The summed E-state index contributed by atoms with van der Waals surface area (Å²) in [6.07, 6.45) is -0.887. The van der Waals surface area contributed by atoms with E-state index in [1.165, 1.54) is 20.8 Å². The van der Waals surface area contributed by atoms with Gasteiger partial charge in [0.1, 0.15) is 0 Å². The number of halogens is 1. The summed E-state index contributed by atoms with van der Waals surface area (Å²) in [5, 5.41) is 8.92. The molecule has 1 rings (SSSR count). The van der Waals surface area contributed by atoms with Crippen LogP contribution in [0.5, 0.6) is 0 Å². The lowest BCUT2D eigenvalue weighted by Crippen LogP contribution is -2.51. The van der Waals surface area contributed by atoms with E-state index in [9.17, 15) is 13.2 Å². The molecule has 0 bridgehead atoms. The summed E-state index contributed by atoms with van der Waals surface area (Å²) in [6.45, 7) is 4.55. The molecule has 0 saturated heterocycles. The second kappa shape index (κ2) is 3.25. The van der Waals surface area contributed by atoms with Gasteiger partial charge in [0.05, 0.1) is 5.54 Å². The van der Waals surface area contributed by atoms with E-state index in [4.69, 9.17) is 16.7 Å². The largest absolute Gasteiger partial charge is 0.464 e. The van der Waals surface area contributed by atoms with Crippen LogP contribution in [0, 0.1) is 0 Å². The van der Waals surface area contributed by atoms with Gasteiger partial charge in [-0.3, -0.25) is 0 Å². The molecule has 0 aromatic rings. The van der Waals surface area contributed by atoms with Crippen LogP contribution in [0.15, 0.2) is 0 Å². The van der Waals surface area contributed by atoms with E-state index in [1.54, 1.807) is 0 Å². The molecular formula is C8H14ClNO4S. The Morgan fingerprint density at radius 2 is 1.80 bits per heavy atom. The Labute approximate surface area is 94.1 Å². The van der Waals surface area contributed by atoms with Gasteiger partial charge in [-0.15, -0.1) is 0 Å². The number of carboxylic acid groups (broad SMARTS) is 1. The van der Waals surface area contributed by atoms with Crippen LogP contribution >= 0.6 is 11.6 Å². The van der Waals surface area contributed by atoms with Crippen LogP contribution in [0.3, 0.4) is 0 Å². The van der Waals surface area contributed by atoms with Crippen LogP contribution in [0.1, 0.15) is 33.6 Å². The molecule has 1 aliphatic carbocycles. The molecule has 0 atom stereocenters. The monoisotopic (exact) mass is 255 g/mol. The molecule has 1 N–H and O–H groups in total. The van der Waals surface area contributed by atoms with E-state index in [1.807, 2.05) is 0 Å². The van der Waals surface area contributed by atoms with Gasteiger partial charge >= 0.3 is 6.09 Å². The van der Waals surface area contributed by atoms with Crippen LogP contribution in [-0.2, 0) is 10.0 Å². The molecular weight excluding hydrogens is 242 g/mol. The zero-order chi connectivity index (χ0) is 12.1. The molecule has 1 saturated carbocycles. The van der Waals surface area contributed by atoms with Crippen molar-refractivity contribution in [3.63, 3.8) is 0 Å². The normalized spacial score (nSPS) is 19.7. The first kappa shape index (κ1) is 12.6. The van der Waals surface area contributed by atoms with E-state index in [2.05, 4.69) is 0 Å². The third kappa shape index (κ3) is 2.06. The highest BCUT2D eigenvalue weighted by Gasteiger charge is 2.59. The summed E-state index contributed by atoms with van der Waals surface area (Å²) in [4.78, 5) is 11.0. The summed E-state index contributed by atoms with van der Waals surface area (Å²) in [7, 11) is -3.99. The number of sulfonamides is 1. The van der Waals surface area contributed by atoms with E-state index in [-0.39, 0.29) is 0 Å². The molecule has 15 heavy (non-hydrogen) atoms. The van der Waals surface area contributed by atoms with Gasteiger partial charge in [-0.25, -0.2) is 13.2 Å². The average Bonchev–Trinajstić information content (AvgIpc) is 2.62. The number of amides is 1. The maximum absolute atomic E-state index is 11.9. The molecule has 0 aliphatic heterocycles.